The maximum absolute atomic E-state index is 12.7. The van der Waals surface area contributed by atoms with Crippen molar-refractivity contribution in [2.24, 2.45) is 0 Å². The maximum Gasteiger partial charge on any atom is 0.324 e. The average molecular weight is 484 g/mol. The molecular formula is C30H49N3O2. The van der Waals surface area contributed by atoms with Crippen molar-refractivity contribution in [3.05, 3.63) is 41.2 Å². The molecule has 0 fully saturated rings. The van der Waals surface area contributed by atoms with Gasteiger partial charge < -0.3 is 9.84 Å². The van der Waals surface area contributed by atoms with Crippen LogP contribution in [0, 0.1) is 0 Å². The van der Waals surface area contributed by atoms with Crippen LogP contribution < -0.4 is 10.6 Å². The Morgan fingerprint density at radius 2 is 1.31 bits per heavy atom. The van der Waals surface area contributed by atoms with Crippen molar-refractivity contribution >= 4 is 17.5 Å². The summed E-state index contributed by atoms with van der Waals surface area (Å²) in [5.74, 6) is 1.93. The summed E-state index contributed by atoms with van der Waals surface area (Å²) in [5.41, 5.74) is 3.17. The minimum atomic E-state index is -0.287. The number of aromatic nitrogens is 1. The van der Waals surface area contributed by atoms with Crippen LogP contribution in [0.4, 0.5) is 16.3 Å². The zero-order valence-electron chi connectivity index (χ0n) is 22.9. The molecule has 0 radical (unpaired) electrons. The summed E-state index contributed by atoms with van der Waals surface area (Å²) in [5, 5.41) is 9.94. The largest absolute Gasteiger partial charge is 0.359 e. The van der Waals surface area contributed by atoms with Crippen LogP contribution in [0.5, 0.6) is 0 Å². The molecule has 0 saturated heterocycles. The third-order valence-corrected chi connectivity index (χ3v) is 6.69. The Morgan fingerprint density at radius 1 is 0.800 bits per heavy atom. The molecule has 0 atom stereocenters. The Labute approximate surface area is 213 Å². The number of para-hydroxylation sites is 1. The molecule has 0 aliphatic carbocycles. The van der Waals surface area contributed by atoms with Crippen molar-refractivity contribution in [2.75, 3.05) is 10.6 Å². The lowest BCUT2D eigenvalue weighted by Gasteiger charge is -2.20. The van der Waals surface area contributed by atoms with Gasteiger partial charge in [0.2, 0.25) is 0 Å². The number of carbonyl (C=O) groups excluding carboxylic acids is 1. The molecule has 35 heavy (non-hydrogen) atoms. The molecule has 2 N–H and O–H groups in total. The standard InChI is InChI=1S/C30H49N3O2/c1-6-7-8-9-10-11-12-13-14-15-16-17-19-25-22-28(33-35-25)31-30(34)32-29-26(23(2)3)20-18-21-27(29)24(4)5/h18,20-24H,6-17,19H2,1-5H3,(H2,31,32,33,34). The van der Waals surface area contributed by atoms with Crippen molar-refractivity contribution in [3.63, 3.8) is 0 Å². The molecule has 1 heterocycles. The zero-order chi connectivity index (χ0) is 25.5. The van der Waals surface area contributed by atoms with Crippen LogP contribution >= 0.6 is 0 Å². The Kier molecular flexibility index (Phi) is 13.5. The number of urea groups is 1. The van der Waals surface area contributed by atoms with Gasteiger partial charge in [0.25, 0.3) is 0 Å². The van der Waals surface area contributed by atoms with E-state index in [1.807, 2.05) is 6.07 Å². The summed E-state index contributed by atoms with van der Waals surface area (Å²) in [6.07, 6.45) is 16.9. The van der Waals surface area contributed by atoms with E-state index in [1.54, 1.807) is 0 Å². The molecule has 2 rings (SSSR count). The smallest absolute Gasteiger partial charge is 0.324 e. The fourth-order valence-electron chi connectivity index (χ4n) is 4.59. The summed E-state index contributed by atoms with van der Waals surface area (Å²) in [4.78, 5) is 12.7. The second-order valence-corrected chi connectivity index (χ2v) is 10.5. The second kappa shape index (κ2) is 16.4. The highest BCUT2D eigenvalue weighted by atomic mass is 16.5. The summed E-state index contributed by atoms with van der Waals surface area (Å²) in [6.45, 7) is 10.8. The van der Waals surface area contributed by atoms with Crippen LogP contribution in [-0.2, 0) is 6.42 Å². The van der Waals surface area contributed by atoms with Gasteiger partial charge in [0.05, 0.1) is 0 Å². The van der Waals surface area contributed by atoms with Gasteiger partial charge in [-0.1, -0.05) is 129 Å². The Morgan fingerprint density at radius 3 is 1.83 bits per heavy atom. The van der Waals surface area contributed by atoms with Crippen LogP contribution in [0.3, 0.4) is 0 Å². The zero-order valence-corrected chi connectivity index (χ0v) is 22.9. The molecule has 2 aromatic rings. The molecule has 0 spiro atoms. The Balaban J connectivity index is 1.67. The number of rotatable bonds is 17. The molecule has 5 nitrogen and oxygen atoms in total. The second-order valence-electron chi connectivity index (χ2n) is 10.5. The maximum atomic E-state index is 12.7. The number of nitrogens with zero attached hydrogens (tertiary/aromatic N) is 1. The number of aryl methyl sites for hydroxylation is 1. The lowest BCUT2D eigenvalue weighted by atomic mass is 9.93. The normalized spacial score (nSPS) is 11.4. The van der Waals surface area contributed by atoms with Crippen LogP contribution in [0.1, 0.15) is 140 Å². The topological polar surface area (TPSA) is 67.2 Å². The van der Waals surface area contributed by atoms with E-state index in [-0.39, 0.29) is 6.03 Å². The molecule has 0 aliphatic heterocycles. The number of nitrogens with one attached hydrogen (secondary N) is 2. The molecule has 0 saturated carbocycles. The third-order valence-electron chi connectivity index (χ3n) is 6.69. The van der Waals surface area contributed by atoms with E-state index in [2.05, 4.69) is 68.6 Å². The molecule has 0 bridgehead atoms. The Bertz CT molecular complexity index is 831. The lowest BCUT2D eigenvalue weighted by molar-refractivity contribution is 0.262. The van der Waals surface area contributed by atoms with Crippen molar-refractivity contribution in [3.8, 4) is 0 Å². The predicted octanol–water partition coefficient (Wildman–Crippen LogP) is 9.81. The third kappa shape index (κ3) is 10.9. The average Bonchev–Trinajstić information content (AvgIpc) is 3.26. The summed E-state index contributed by atoms with van der Waals surface area (Å²) in [6, 6.07) is 7.78. The van der Waals surface area contributed by atoms with E-state index in [1.165, 1.54) is 70.6 Å². The van der Waals surface area contributed by atoms with Crippen molar-refractivity contribution in [2.45, 2.75) is 130 Å². The van der Waals surface area contributed by atoms with Gasteiger partial charge in [-0.25, -0.2) is 4.79 Å². The minimum Gasteiger partial charge on any atom is -0.359 e. The summed E-state index contributed by atoms with van der Waals surface area (Å²) >= 11 is 0. The fraction of sp³-hybridized carbons (Fsp3) is 0.667. The van der Waals surface area contributed by atoms with E-state index in [9.17, 15) is 4.79 Å². The fourth-order valence-corrected chi connectivity index (χ4v) is 4.59. The number of anilines is 2. The lowest BCUT2D eigenvalue weighted by Crippen LogP contribution is -2.22. The van der Waals surface area contributed by atoms with E-state index in [0.29, 0.717) is 17.7 Å². The van der Waals surface area contributed by atoms with E-state index in [4.69, 9.17) is 4.52 Å². The van der Waals surface area contributed by atoms with Crippen molar-refractivity contribution in [1.82, 2.24) is 5.16 Å². The van der Waals surface area contributed by atoms with Gasteiger partial charge in [-0.2, -0.15) is 0 Å². The number of amides is 2. The van der Waals surface area contributed by atoms with Gasteiger partial charge in [-0.05, 0) is 29.4 Å². The highest BCUT2D eigenvalue weighted by Crippen LogP contribution is 2.32. The molecule has 5 heteroatoms. The first kappa shape index (κ1) is 28.9. The first-order chi connectivity index (χ1) is 16.9. The van der Waals surface area contributed by atoms with Gasteiger partial charge in [-0.3, -0.25) is 5.32 Å². The van der Waals surface area contributed by atoms with Gasteiger partial charge in [0, 0.05) is 18.2 Å². The highest BCUT2D eigenvalue weighted by Gasteiger charge is 2.16. The van der Waals surface area contributed by atoms with Crippen molar-refractivity contribution < 1.29 is 9.32 Å². The van der Waals surface area contributed by atoms with Crippen LogP contribution in [0.2, 0.25) is 0 Å². The summed E-state index contributed by atoms with van der Waals surface area (Å²) in [7, 11) is 0. The molecular weight excluding hydrogens is 434 g/mol. The van der Waals surface area contributed by atoms with Crippen LogP contribution in [-0.4, -0.2) is 11.2 Å². The predicted molar refractivity (Wildman–Crippen MR) is 149 cm³/mol. The van der Waals surface area contributed by atoms with Gasteiger partial charge >= 0.3 is 6.03 Å². The molecule has 0 unspecified atom stereocenters. The SMILES string of the molecule is CCCCCCCCCCCCCCc1cc(NC(=O)Nc2c(C(C)C)cccc2C(C)C)no1. The van der Waals surface area contributed by atoms with Crippen LogP contribution in [0.15, 0.2) is 28.8 Å². The number of benzene rings is 1. The van der Waals surface area contributed by atoms with Gasteiger partial charge in [-0.15, -0.1) is 0 Å². The molecule has 1 aromatic carbocycles. The van der Waals surface area contributed by atoms with Gasteiger partial charge in [0.1, 0.15) is 5.76 Å². The van der Waals surface area contributed by atoms with E-state index < -0.39 is 0 Å². The van der Waals surface area contributed by atoms with E-state index >= 15 is 0 Å². The van der Waals surface area contributed by atoms with Gasteiger partial charge in [0.15, 0.2) is 5.82 Å². The monoisotopic (exact) mass is 483 g/mol. The Hall–Kier alpha value is -2.30. The highest BCUT2D eigenvalue weighted by molar-refractivity contribution is 6.00. The van der Waals surface area contributed by atoms with Crippen molar-refractivity contribution in [1.29, 1.82) is 0 Å². The number of carbonyl (C=O) groups is 1. The number of hydrogen-bond donors (Lipinski definition) is 2. The van der Waals surface area contributed by atoms with Crippen LogP contribution in [0.25, 0.3) is 0 Å². The molecule has 196 valence electrons. The quantitative estimate of drug-likeness (QED) is 0.220. The van der Waals surface area contributed by atoms with E-state index in [0.717, 1.165) is 35.4 Å². The summed E-state index contributed by atoms with van der Waals surface area (Å²) < 4.78 is 5.45. The number of unbranched alkanes of at least 4 members (excludes halogenated alkanes) is 11. The minimum absolute atomic E-state index is 0.287. The first-order valence-corrected chi connectivity index (χ1v) is 14.1. The first-order valence-electron chi connectivity index (χ1n) is 14.1. The molecule has 1 aromatic heterocycles. The number of hydrogen-bond acceptors (Lipinski definition) is 3. The molecule has 0 aliphatic rings. The molecule has 2 amide bonds.